The van der Waals surface area contributed by atoms with E-state index in [2.05, 4.69) is 16.1 Å². The van der Waals surface area contributed by atoms with Crippen LogP contribution in [0.4, 0.5) is 5.69 Å². The number of benzene rings is 2. The topological polar surface area (TPSA) is 97.4 Å². The Balaban J connectivity index is 1.76. The summed E-state index contributed by atoms with van der Waals surface area (Å²) in [5.74, 6) is -0.0426. The molecule has 0 saturated carbocycles. The van der Waals surface area contributed by atoms with Gasteiger partial charge in [-0.15, -0.1) is 0 Å². The molecule has 3 N–H and O–H groups in total. The lowest BCUT2D eigenvalue weighted by molar-refractivity contribution is -0.115. The lowest BCUT2D eigenvalue weighted by Gasteiger charge is -2.33. The van der Waals surface area contributed by atoms with Gasteiger partial charge in [0.2, 0.25) is 15.9 Å². The molecule has 1 aliphatic rings. The van der Waals surface area contributed by atoms with Crippen molar-refractivity contribution in [2.45, 2.75) is 51.3 Å². The minimum atomic E-state index is -3.27. The number of nitrogens with zero attached hydrogens (tertiary/aromatic N) is 2. The molecule has 0 unspecified atom stereocenters. The highest BCUT2D eigenvalue weighted by molar-refractivity contribution is 7.89. The highest BCUT2D eigenvalue weighted by Gasteiger charge is 2.31. The lowest BCUT2D eigenvalue weighted by Crippen LogP contribution is -2.42. The van der Waals surface area contributed by atoms with Crippen molar-refractivity contribution in [1.29, 1.82) is 0 Å². The quantitative estimate of drug-likeness (QED) is 0.449. The van der Waals surface area contributed by atoms with Crippen molar-refractivity contribution in [3.63, 3.8) is 0 Å². The molecule has 7 nitrogen and oxygen atoms in total. The van der Waals surface area contributed by atoms with E-state index < -0.39 is 15.3 Å². The second kappa shape index (κ2) is 10.1. The Bertz CT molecular complexity index is 1370. The second-order valence-electron chi connectivity index (χ2n) is 9.25. The summed E-state index contributed by atoms with van der Waals surface area (Å²) in [4.78, 5) is 12.4. The van der Waals surface area contributed by atoms with Gasteiger partial charge in [-0.2, -0.15) is 0 Å². The zero-order chi connectivity index (χ0) is 25.3. The van der Waals surface area contributed by atoms with Crippen LogP contribution in [0.2, 0.25) is 0 Å². The number of carbonyl (C=O) groups is 1. The summed E-state index contributed by atoms with van der Waals surface area (Å²) in [5, 5.41) is 3.58. The predicted octanol–water partition coefficient (Wildman–Crippen LogP) is 4.67. The standard InChI is InChI=1S/C26H32N4O3S2/c1-4-25(31)28-20-8-9-22-23(18-6-5-7-19(14-18)26(27)34)16-30(24(22)15-20)21-10-12-29(13-11-21)35(32,33)17(2)3/h5-9,14-17,21H,4,10-13H2,1-3H3,(H2,27,34)(H,28,31). The number of nitrogens with two attached hydrogens (primary N) is 1. The van der Waals surface area contributed by atoms with E-state index in [1.54, 1.807) is 18.2 Å². The van der Waals surface area contributed by atoms with Gasteiger partial charge in [0.25, 0.3) is 0 Å². The van der Waals surface area contributed by atoms with Crippen molar-refractivity contribution in [2.24, 2.45) is 5.73 Å². The number of aromatic nitrogens is 1. The van der Waals surface area contributed by atoms with Gasteiger partial charge in [-0.1, -0.05) is 43.4 Å². The van der Waals surface area contributed by atoms with Crippen molar-refractivity contribution in [3.8, 4) is 11.1 Å². The first-order valence-electron chi connectivity index (χ1n) is 12.0. The van der Waals surface area contributed by atoms with E-state index in [9.17, 15) is 13.2 Å². The van der Waals surface area contributed by atoms with Crippen LogP contribution in [0.3, 0.4) is 0 Å². The third kappa shape index (κ3) is 5.12. The third-order valence-electron chi connectivity index (χ3n) is 6.67. The summed E-state index contributed by atoms with van der Waals surface area (Å²) in [6.45, 7) is 6.25. The maximum Gasteiger partial charge on any atom is 0.224 e. The fraction of sp³-hybridized carbons (Fsp3) is 0.385. The van der Waals surface area contributed by atoms with Crippen LogP contribution in [0.1, 0.15) is 51.6 Å². The molecule has 1 saturated heterocycles. The molecule has 186 valence electrons. The molecule has 0 spiro atoms. The zero-order valence-corrected chi connectivity index (χ0v) is 22.0. The van der Waals surface area contributed by atoms with E-state index in [1.165, 1.54) is 0 Å². The van der Waals surface area contributed by atoms with Crippen LogP contribution in [-0.4, -0.2) is 46.5 Å². The molecule has 0 radical (unpaired) electrons. The molecule has 1 amide bonds. The Morgan fingerprint density at radius 1 is 1.17 bits per heavy atom. The summed E-state index contributed by atoms with van der Waals surface area (Å²) in [6, 6.07) is 13.9. The number of piperidine rings is 1. The van der Waals surface area contributed by atoms with E-state index in [4.69, 9.17) is 18.0 Å². The van der Waals surface area contributed by atoms with Crippen molar-refractivity contribution < 1.29 is 13.2 Å². The largest absolute Gasteiger partial charge is 0.389 e. The molecule has 1 fully saturated rings. The van der Waals surface area contributed by atoms with Gasteiger partial charge in [0.05, 0.1) is 10.8 Å². The smallest absolute Gasteiger partial charge is 0.224 e. The van der Waals surface area contributed by atoms with Crippen LogP contribution < -0.4 is 11.1 Å². The van der Waals surface area contributed by atoms with Gasteiger partial charge >= 0.3 is 0 Å². The van der Waals surface area contributed by atoms with Gasteiger partial charge in [-0.05, 0) is 50.5 Å². The van der Waals surface area contributed by atoms with Gasteiger partial charge in [0.1, 0.15) is 4.99 Å². The third-order valence-corrected chi connectivity index (χ3v) is 9.18. The molecule has 4 rings (SSSR count). The maximum absolute atomic E-state index is 12.7. The average Bonchev–Trinajstić information content (AvgIpc) is 3.23. The van der Waals surface area contributed by atoms with Gasteiger partial charge in [0, 0.05) is 53.9 Å². The van der Waals surface area contributed by atoms with Crippen LogP contribution in [-0.2, 0) is 14.8 Å². The van der Waals surface area contributed by atoms with Gasteiger partial charge < -0.3 is 15.6 Å². The summed E-state index contributed by atoms with van der Waals surface area (Å²) in [7, 11) is -3.27. The Morgan fingerprint density at radius 2 is 1.89 bits per heavy atom. The number of rotatable bonds is 7. The van der Waals surface area contributed by atoms with Crippen LogP contribution in [0.5, 0.6) is 0 Å². The van der Waals surface area contributed by atoms with Crippen LogP contribution >= 0.6 is 12.2 Å². The number of carbonyl (C=O) groups excluding carboxylic acids is 1. The summed E-state index contributed by atoms with van der Waals surface area (Å²) in [5.41, 5.74) is 10.5. The molecule has 0 aliphatic carbocycles. The minimum Gasteiger partial charge on any atom is -0.389 e. The summed E-state index contributed by atoms with van der Waals surface area (Å²) < 4.78 is 29.1. The fourth-order valence-corrected chi connectivity index (χ4v) is 6.07. The van der Waals surface area contributed by atoms with Crippen molar-refractivity contribution in [1.82, 2.24) is 8.87 Å². The van der Waals surface area contributed by atoms with Crippen LogP contribution in [0, 0.1) is 0 Å². The van der Waals surface area contributed by atoms with E-state index in [0.717, 1.165) is 33.3 Å². The van der Waals surface area contributed by atoms with Crippen molar-refractivity contribution >= 4 is 49.7 Å². The molecular formula is C26H32N4O3S2. The summed E-state index contributed by atoms with van der Waals surface area (Å²) in [6.07, 6.45) is 3.96. The number of anilines is 1. The lowest BCUT2D eigenvalue weighted by atomic mass is 10.0. The monoisotopic (exact) mass is 512 g/mol. The highest BCUT2D eigenvalue weighted by atomic mass is 32.2. The SMILES string of the molecule is CCC(=O)Nc1ccc2c(-c3cccc(C(N)=S)c3)cn(C3CCN(S(=O)(=O)C(C)C)CC3)c2c1. The molecule has 0 bridgehead atoms. The predicted molar refractivity (Wildman–Crippen MR) is 146 cm³/mol. The number of hydrogen-bond donors (Lipinski definition) is 2. The van der Waals surface area contributed by atoms with E-state index in [1.807, 2.05) is 49.4 Å². The Labute approximate surface area is 212 Å². The van der Waals surface area contributed by atoms with Gasteiger partial charge in [-0.3, -0.25) is 4.79 Å². The second-order valence-corrected chi connectivity index (χ2v) is 12.2. The van der Waals surface area contributed by atoms with Crippen molar-refractivity contribution in [2.75, 3.05) is 18.4 Å². The first kappa shape index (κ1) is 25.3. The number of fused-ring (bicyclic) bond motifs is 1. The Morgan fingerprint density at radius 3 is 2.51 bits per heavy atom. The number of amides is 1. The van der Waals surface area contributed by atoms with Gasteiger partial charge in [0.15, 0.2) is 0 Å². The molecule has 35 heavy (non-hydrogen) atoms. The number of sulfonamides is 1. The molecule has 1 aliphatic heterocycles. The zero-order valence-electron chi connectivity index (χ0n) is 20.3. The molecule has 9 heteroatoms. The van der Waals surface area contributed by atoms with E-state index in [0.29, 0.717) is 37.3 Å². The van der Waals surface area contributed by atoms with Crippen LogP contribution in [0.15, 0.2) is 48.7 Å². The Hall–Kier alpha value is -2.75. The fourth-order valence-electron chi connectivity index (χ4n) is 4.62. The molecule has 1 aromatic heterocycles. The van der Waals surface area contributed by atoms with E-state index in [-0.39, 0.29) is 11.9 Å². The number of nitrogens with one attached hydrogen (secondary N) is 1. The normalized spacial score (nSPS) is 15.5. The van der Waals surface area contributed by atoms with E-state index >= 15 is 0 Å². The molecular weight excluding hydrogens is 480 g/mol. The number of thiocarbonyl (C=S) groups is 1. The summed E-state index contributed by atoms with van der Waals surface area (Å²) >= 11 is 5.18. The van der Waals surface area contributed by atoms with Crippen molar-refractivity contribution in [3.05, 3.63) is 54.2 Å². The molecule has 2 aromatic carbocycles. The van der Waals surface area contributed by atoms with Crippen LogP contribution in [0.25, 0.3) is 22.0 Å². The highest BCUT2D eigenvalue weighted by Crippen LogP contribution is 2.37. The molecule has 3 aromatic rings. The maximum atomic E-state index is 12.7. The molecule has 2 heterocycles. The Kier molecular flexibility index (Phi) is 7.30. The average molecular weight is 513 g/mol. The first-order chi connectivity index (χ1) is 16.6. The molecule has 0 atom stereocenters. The first-order valence-corrected chi connectivity index (χ1v) is 13.9. The number of hydrogen-bond acceptors (Lipinski definition) is 4. The minimum absolute atomic E-state index is 0.0426. The van der Waals surface area contributed by atoms with Gasteiger partial charge in [-0.25, -0.2) is 12.7 Å².